The summed E-state index contributed by atoms with van der Waals surface area (Å²) in [5.74, 6) is 0. The molecule has 0 bridgehead atoms. The number of likely N-dealkylation sites (N-methyl/N-ethyl adjacent to an activating group) is 1. The molecule has 0 fully saturated rings. The highest BCUT2D eigenvalue weighted by atomic mass is 15.2. The van der Waals surface area contributed by atoms with Crippen molar-refractivity contribution in [1.82, 2.24) is 15.1 Å². The zero-order chi connectivity index (χ0) is 12.2. The fraction of sp³-hybridized carbons (Fsp3) is 0.769. The summed E-state index contributed by atoms with van der Waals surface area (Å²) in [4.78, 5) is 0. The minimum atomic E-state index is 0.363. The van der Waals surface area contributed by atoms with Gasteiger partial charge in [0.1, 0.15) is 0 Å². The topological polar surface area (TPSA) is 29.9 Å². The molecular weight excluding hydrogens is 198 g/mol. The van der Waals surface area contributed by atoms with Crippen LogP contribution in [0.2, 0.25) is 0 Å². The van der Waals surface area contributed by atoms with Crippen molar-refractivity contribution in [2.45, 2.75) is 46.6 Å². The summed E-state index contributed by atoms with van der Waals surface area (Å²) in [5, 5.41) is 7.99. The van der Waals surface area contributed by atoms with Crippen LogP contribution in [-0.2, 0) is 13.5 Å². The van der Waals surface area contributed by atoms with E-state index in [1.807, 2.05) is 17.9 Å². The highest BCUT2D eigenvalue weighted by molar-refractivity contribution is 5.01. The van der Waals surface area contributed by atoms with Crippen LogP contribution < -0.4 is 5.32 Å². The van der Waals surface area contributed by atoms with Crippen LogP contribution in [0, 0.1) is 5.41 Å². The van der Waals surface area contributed by atoms with Crippen LogP contribution in [0.1, 0.15) is 39.8 Å². The minimum absolute atomic E-state index is 0.363. The van der Waals surface area contributed by atoms with Gasteiger partial charge in [0.15, 0.2) is 0 Å². The molecule has 92 valence electrons. The van der Waals surface area contributed by atoms with Crippen molar-refractivity contribution >= 4 is 0 Å². The Morgan fingerprint density at radius 3 is 2.56 bits per heavy atom. The second-order valence-corrected chi connectivity index (χ2v) is 5.70. The van der Waals surface area contributed by atoms with Crippen LogP contribution in [0.5, 0.6) is 0 Å². The summed E-state index contributed by atoms with van der Waals surface area (Å²) < 4.78 is 1.87. The van der Waals surface area contributed by atoms with Gasteiger partial charge in [-0.25, -0.2) is 0 Å². The Morgan fingerprint density at radius 2 is 2.12 bits per heavy atom. The third kappa shape index (κ3) is 4.79. The molecule has 0 aliphatic carbocycles. The molecule has 0 aliphatic rings. The maximum Gasteiger partial charge on any atom is 0.0640 e. The quantitative estimate of drug-likeness (QED) is 0.830. The van der Waals surface area contributed by atoms with E-state index in [4.69, 9.17) is 0 Å². The van der Waals surface area contributed by atoms with Crippen LogP contribution in [0.3, 0.4) is 0 Å². The van der Waals surface area contributed by atoms with Crippen LogP contribution in [-0.4, -0.2) is 22.4 Å². The first-order chi connectivity index (χ1) is 7.40. The maximum atomic E-state index is 4.44. The van der Waals surface area contributed by atoms with Crippen LogP contribution in [0.25, 0.3) is 0 Å². The average Bonchev–Trinajstić information content (AvgIpc) is 2.48. The first kappa shape index (κ1) is 13.2. The molecule has 1 atom stereocenters. The normalized spacial score (nSPS) is 14.1. The van der Waals surface area contributed by atoms with Gasteiger partial charge in [0, 0.05) is 25.7 Å². The Kier molecular flexibility index (Phi) is 4.54. The smallest absolute Gasteiger partial charge is 0.0640 e. The molecule has 0 saturated heterocycles. The molecule has 1 aromatic heterocycles. The van der Waals surface area contributed by atoms with Gasteiger partial charge in [0.2, 0.25) is 0 Å². The van der Waals surface area contributed by atoms with Crippen molar-refractivity contribution < 1.29 is 0 Å². The highest BCUT2D eigenvalue weighted by Gasteiger charge is 2.18. The van der Waals surface area contributed by atoms with Crippen LogP contribution in [0.4, 0.5) is 0 Å². The third-order valence-electron chi connectivity index (χ3n) is 2.58. The van der Waals surface area contributed by atoms with Crippen molar-refractivity contribution in [3.63, 3.8) is 0 Å². The van der Waals surface area contributed by atoms with Gasteiger partial charge in [0.25, 0.3) is 0 Å². The second-order valence-electron chi connectivity index (χ2n) is 5.70. The van der Waals surface area contributed by atoms with Crippen molar-refractivity contribution in [2.75, 3.05) is 6.54 Å². The Balaban J connectivity index is 2.57. The SMILES string of the molecule is CCNC(Cc1ccn(C)n1)CC(C)(C)C. The van der Waals surface area contributed by atoms with Gasteiger partial charge >= 0.3 is 0 Å². The molecule has 0 saturated carbocycles. The molecule has 3 nitrogen and oxygen atoms in total. The van der Waals surface area contributed by atoms with Gasteiger partial charge in [-0.1, -0.05) is 27.7 Å². The summed E-state index contributed by atoms with van der Waals surface area (Å²) in [7, 11) is 1.97. The first-order valence-electron chi connectivity index (χ1n) is 6.12. The lowest BCUT2D eigenvalue weighted by Gasteiger charge is -2.26. The third-order valence-corrected chi connectivity index (χ3v) is 2.58. The molecule has 3 heteroatoms. The molecule has 1 heterocycles. The fourth-order valence-electron chi connectivity index (χ4n) is 2.07. The lowest BCUT2D eigenvalue weighted by atomic mass is 9.86. The summed E-state index contributed by atoms with van der Waals surface area (Å²) >= 11 is 0. The van der Waals surface area contributed by atoms with Crippen molar-refractivity contribution in [1.29, 1.82) is 0 Å². The maximum absolute atomic E-state index is 4.44. The van der Waals surface area contributed by atoms with E-state index in [9.17, 15) is 0 Å². The van der Waals surface area contributed by atoms with Gasteiger partial charge in [0.05, 0.1) is 5.69 Å². The molecule has 1 rings (SSSR count). The number of nitrogens with zero attached hydrogens (tertiary/aromatic N) is 2. The molecule has 16 heavy (non-hydrogen) atoms. The minimum Gasteiger partial charge on any atom is -0.314 e. The number of aryl methyl sites for hydroxylation is 1. The zero-order valence-corrected chi connectivity index (χ0v) is 11.2. The number of hydrogen-bond donors (Lipinski definition) is 1. The van der Waals surface area contributed by atoms with E-state index in [1.54, 1.807) is 0 Å². The number of hydrogen-bond acceptors (Lipinski definition) is 2. The summed E-state index contributed by atoms with van der Waals surface area (Å²) in [5.41, 5.74) is 1.54. The van der Waals surface area contributed by atoms with Gasteiger partial charge in [-0.3, -0.25) is 4.68 Å². The standard InChI is InChI=1S/C13H25N3/c1-6-14-12(10-13(2,3)4)9-11-7-8-16(5)15-11/h7-8,12,14H,6,9-10H2,1-5H3. The lowest BCUT2D eigenvalue weighted by Crippen LogP contribution is -2.34. The van der Waals surface area contributed by atoms with Crippen molar-refractivity contribution in [2.24, 2.45) is 12.5 Å². The summed E-state index contributed by atoms with van der Waals surface area (Å²) in [6.45, 7) is 10.0. The lowest BCUT2D eigenvalue weighted by molar-refractivity contribution is 0.308. The average molecular weight is 223 g/mol. The Hall–Kier alpha value is -0.830. The van der Waals surface area contributed by atoms with Crippen LogP contribution >= 0.6 is 0 Å². The summed E-state index contributed by atoms with van der Waals surface area (Å²) in [6.07, 6.45) is 4.21. The number of aromatic nitrogens is 2. The summed E-state index contributed by atoms with van der Waals surface area (Å²) in [6, 6.07) is 2.63. The Labute approximate surface area is 99.2 Å². The van der Waals surface area contributed by atoms with E-state index < -0.39 is 0 Å². The Morgan fingerprint density at radius 1 is 1.44 bits per heavy atom. The van der Waals surface area contributed by atoms with E-state index in [2.05, 4.69) is 44.2 Å². The molecule has 1 N–H and O–H groups in total. The highest BCUT2D eigenvalue weighted by Crippen LogP contribution is 2.22. The number of nitrogens with one attached hydrogen (secondary N) is 1. The number of rotatable bonds is 5. The van der Waals surface area contributed by atoms with Crippen LogP contribution in [0.15, 0.2) is 12.3 Å². The Bertz CT molecular complexity index is 309. The van der Waals surface area contributed by atoms with Crippen molar-refractivity contribution in [3.05, 3.63) is 18.0 Å². The molecule has 0 amide bonds. The second kappa shape index (κ2) is 5.48. The molecule has 1 aromatic rings. The largest absolute Gasteiger partial charge is 0.314 e. The molecule has 1 unspecified atom stereocenters. The predicted octanol–water partition coefficient (Wildman–Crippen LogP) is 2.38. The van der Waals surface area contributed by atoms with E-state index in [0.29, 0.717) is 11.5 Å². The first-order valence-corrected chi connectivity index (χ1v) is 6.12. The monoisotopic (exact) mass is 223 g/mol. The fourth-order valence-corrected chi connectivity index (χ4v) is 2.07. The predicted molar refractivity (Wildman–Crippen MR) is 68.4 cm³/mol. The van der Waals surface area contributed by atoms with Gasteiger partial charge in [-0.05, 0) is 24.4 Å². The van der Waals surface area contributed by atoms with Gasteiger partial charge < -0.3 is 5.32 Å². The zero-order valence-electron chi connectivity index (χ0n) is 11.2. The van der Waals surface area contributed by atoms with E-state index in [-0.39, 0.29) is 0 Å². The van der Waals surface area contributed by atoms with Crippen molar-refractivity contribution in [3.8, 4) is 0 Å². The van der Waals surface area contributed by atoms with Gasteiger partial charge in [-0.15, -0.1) is 0 Å². The van der Waals surface area contributed by atoms with Gasteiger partial charge in [-0.2, -0.15) is 5.10 Å². The molecule has 0 aliphatic heterocycles. The van der Waals surface area contributed by atoms with E-state index in [1.165, 1.54) is 12.1 Å². The molecule has 0 radical (unpaired) electrons. The molecule has 0 spiro atoms. The molecular formula is C13H25N3. The van der Waals surface area contributed by atoms with E-state index in [0.717, 1.165) is 13.0 Å². The molecule has 0 aromatic carbocycles. The van der Waals surface area contributed by atoms with E-state index >= 15 is 0 Å².